The number of carbonyl (C=O) groups excluding carboxylic acids is 4. The van der Waals surface area contributed by atoms with Gasteiger partial charge in [0.1, 0.15) is 24.7 Å². The summed E-state index contributed by atoms with van der Waals surface area (Å²) in [6.07, 6.45) is 0.0953. The van der Waals surface area contributed by atoms with Crippen molar-refractivity contribution in [3.8, 4) is 11.5 Å². The molecule has 1 spiro atoms. The van der Waals surface area contributed by atoms with E-state index in [1.54, 1.807) is 14.2 Å². The SMILES string of the molecule is COc1ccc2c3c1O[C@H]1C(OC(=O)N(C)CC(C)(C)CNC(=O)[C@@H](CCCN=C(N)N)NC(=O)CNC(=O)CC(=O)O)CC[C@@]4(O)[C@@H](C2)N(C)CC[C@]314. The summed E-state index contributed by atoms with van der Waals surface area (Å²) in [4.78, 5) is 69.6. The molecule has 2 bridgehead atoms. The molecule has 2 aliphatic heterocycles. The van der Waals surface area contributed by atoms with Gasteiger partial charge in [-0.3, -0.25) is 24.2 Å². The van der Waals surface area contributed by atoms with Crippen LogP contribution in [0.2, 0.25) is 0 Å². The molecule has 1 unspecified atom stereocenters. The lowest BCUT2D eigenvalue weighted by Crippen LogP contribution is -2.76. The average Bonchev–Trinajstić information content (AvgIpc) is 3.46. The van der Waals surface area contributed by atoms with E-state index in [2.05, 4.69) is 31.9 Å². The van der Waals surface area contributed by atoms with Crippen LogP contribution in [0.15, 0.2) is 17.1 Å². The molecular formula is C36H54N8O10. The Balaban J connectivity index is 1.21. The number of aliphatic imine (C=N–C) groups is 1. The van der Waals surface area contributed by atoms with Crippen LogP contribution >= 0.6 is 0 Å². The van der Waals surface area contributed by atoms with Crippen LogP contribution in [0.4, 0.5) is 4.79 Å². The fraction of sp³-hybridized carbons (Fsp3) is 0.667. The molecule has 54 heavy (non-hydrogen) atoms. The fourth-order valence-electron chi connectivity index (χ4n) is 8.81. The highest BCUT2D eigenvalue weighted by Gasteiger charge is 2.73. The molecule has 9 N–H and O–H groups in total. The largest absolute Gasteiger partial charge is 0.493 e. The summed E-state index contributed by atoms with van der Waals surface area (Å²) in [5.41, 5.74) is 10.4. The van der Waals surface area contributed by atoms with Crippen molar-refractivity contribution in [1.29, 1.82) is 0 Å². The number of hydrogen-bond acceptors (Lipinski definition) is 11. The van der Waals surface area contributed by atoms with E-state index in [0.29, 0.717) is 43.6 Å². The van der Waals surface area contributed by atoms with Crippen LogP contribution in [0.25, 0.3) is 0 Å². The second kappa shape index (κ2) is 15.9. The van der Waals surface area contributed by atoms with Gasteiger partial charge in [-0.25, -0.2) is 4.79 Å². The quantitative estimate of drug-likeness (QED) is 0.0472. The predicted molar refractivity (Wildman–Crippen MR) is 195 cm³/mol. The summed E-state index contributed by atoms with van der Waals surface area (Å²) < 4.78 is 18.5. The smallest absolute Gasteiger partial charge is 0.409 e. The molecule has 2 heterocycles. The number of ether oxygens (including phenoxy) is 3. The maximum atomic E-state index is 13.7. The molecule has 2 aliphatic carbocycles. The minimum Gasteiger partial charge on any atom is -0.493 e. The number of benzene rings is 1. The van der Waals surface area contributed by atoms with Gasteiger partial charge in [0, 0.05) is 38.3 Å². The van der Waals surface area contributed by atoms with Crippen molar-refractivity contribution in [2.24, 2.45) is 21.9 Å². The first-order chi connectivity index (χ1) is 25.4. The van der Waals surface area contributed by atoms with E-state index in [1.165, 1.54) is 4.90 Å². The minimum atomic E-state index is -1.34. The van der Waals surface area contributed by atoms with E-state index in [4.69, 9.17) is 30.8 Å². The zero-order valence-corrected chi connectivity index (χ0v) is 31.6. The number of guanidine groups is 1. The molecule has 18 nitrogen and oxygen atoms in total. The maximum Gasteiger partial charge on any atom is 0.409 e. The van der Waals surface area contributed by atoms with Gasteiger partial charge in [0.2, 0.25) is 17.7 Å². The van der Waals surface area contributed by atoms with Crippen LogP contribution in [-0.2, 0) is 35.8 Å². The Morgan fingerprint density at radius 3 is 2.59 bits per heavy atom. The van der Waals surface area contributed by atoms with Crippen LogP contribution in [0.3, 0.4) is 0 Å². The fourth-order valence-corrected chi connectivity index (χ4v) is 8.81. The van der Waals surface area contributed by atoms with E-state index in [-0.39, 0.29) is 38.1 Å². The van der Waals surface area contributed by atoms with Crippen LogP contribution < -0.4 is 36.9 Å². The molecule has 1 aromatic carbocycles. The lowest BCUT2D eigenvalue weighted by molar-refractivity contribution is -0.204. The van der Waals surface area contributed by atoms with Gasteiger partial charge in [0.15, 0.2) is 17.5 Å². The van der Waals surface area contributed by atoms with Crippen LogP contribution in [0, 0.1) is 5.41 Å². The van der Waals surface area contributed by atoms with Gasteiger partial charge in [-0.15, -0.1) is 0 Å². The van der Waals surface area contributed by atoms with Crippen molar-refractivity contribution in [2.45, 2.75) is 94.1 Å². The zero-order chi connectivity index (χ0) is 39.6. The molecular weight excluding hydrogens is 704 g/mol. The first-order valence-electron chi connectivity index (χ1n) is 18.2. The molecule has 5 rings (SSSR count). The number of carbonyl (C=O) groups is 5. The lowest BCUT2D eigenvalue weighted by atomic mass is 9.48. The number of nitrogens with two attached hydrogens (primary N) is 2. The molecule has 0 radical (unpaired) electrons. The van der Waals surface area contributed by atoms with Gasteiger partial charge in [-0.2, -0.15) is 0 Å². The molecule has 6 atom stereocenters. The number of likely N-dealkylation sites (N-methyl/N-ethyl adjacent to an activating group) is 1. The van der Waals surface area contributed by atoms with Crippen LogP contribution in [-0.4, -0.2) is 140 Å². The topological polar surface area (TPSA) is 260 Å². The number of aliphatic carboxylic acids is 1. The lowest BCUT2D eigenvalue weighted by Gasteiger charge is -2.63. The highest BCUT2D eigenvalue weighted by atomic mass is 16.6. The number of nitrogens with zero attached hydrogens (tertiary/aromatic N) is 3. The van der Waals surface area contributed by atoms with Crippen molar-refractivity contribution in [3.05, 3.63) is 23.3 Å². The van der Waals surface area contributed by atoms with E-state index in [1.807, 2.05) is 27.0 Å². The Morgan fingerprint density at radius 2 is 1.91 bits per heavy atom. The third kappa shape index (κ3) is 7.99. The van der Waals surface area contributed by atoms with E-state index >= 15 is 0 Å². The average molecular weight is 759 g/mol. The van der Waals surface area contributed by atoms with E-state index in [0.717, 1.165) is 17.7 Å². The molecule has 1 saturated carbocycles. The molecule has 1 saturated heterocycles. The van der Waals surface area contributed by atoms with Gasteiger partial charge in [-0.05, 0) is 69.2 Å². The summed E-state index contributed by atoms with van der Waals surface area (Å²) in [6, 6.07) is 2.83. The number of carboxylic acid groups (broad SMARTS) is 1. The Kier molecular flexibility index (Phi) is 11.9. The number of methoxy groups -OCH3 is 1. The van der Waals surface area contributed by atoms with Gasteiger partial charge >= 0.3 is 12.1 Å². The van der Waals surface area contributed by atoms with Crippen LogP contribution in [0.1, 0.15) is 63.5 Å². The van der Waals surface area contributed by atoms with Gasteiger partial charge in [0.05, 0.1) is 24.7 Å². The highest BCUT2D eigenvalue weighted by molar-refractivity contribution is 5.95. The van der Waals surface area contributed by atoms with Gasteiger partial charge in [0.25, 0.3) is 0 Å². The molecule has 1 aromatic rings. The van der Waals surface area contributed by atoms with Crippen molar-refractivity contribution >= 4 is 35.7 Å². The molecule has 0 aromatic heterocycles. The third-order valence-corrected chi connectivity index (χ3v) is 11.2. The number of aliphatic hydroxyl groups is 1. The van der Waals surface area contributed by atoms with Crippen molar-refractivity contribution < 1.29 is 48.4 Å². The molecule has 4 aliphatic rings. The second-order valence-electron chi connectivity index (χ2n) is 15.6. The summed E-state index contributed by atoms with van der Waals surface area (Å²) in [5.74, 6) is -2.30. The van der Waals surface area contributed by atoms with Gasteiger partial charge < -0.3 is 61.6 Å². The number of hydrogen-bond donors (Lipinski definition) is 7. The van der Waals surface area contributed by atoms with Crippen molar-refractivity contribution in [3.63, 3.8) is 0 Å². The predicted octanol–water partition coefficient (Wildman–Crippen LogP) is -0.812. The Labute approximate surface area is 314 Å². The Bertz CT molecular complexity index is 1670. The summed E-state index contributed by atoms with van der Waals surface area (Å²) in [6.45, 7) is 4.50. The first-order valence-corrected chi connectivity index (χ1v) is 18.2. The number of nitrogens with one attached hydrogen (secondary N) is 3. The Hall–Kier alpha value is -4.84. The minimum absolute atomic E-state index is 0.102. The Morgan fingerprint density at radius 1 is 1.17 bits per heavy atom. The zero-order valence-electron chi connectivity index (χ0n) is 31.6. The standard InChI is InChI=1S/C36H54N8O10/c1-34(2,18-41-31(49)21(7-6-13-39-32(37)38)42-26(46)17-40-25(45)16-27(47)48)19-44(4)33(50)53-23-10-11-36(51)24-15-20-8-9-22(52-5)29-28(20)35(36,30(23)54-29)12-14-43(24)3/h8-9,21,23-24,30,51H,6-7,10-19H2,1-5H3,(H,40,45)(H,41,49)(H,42,46)(H,47,48)(H4,37,38,39)/t21-,23?,24-,30+,35+,36-/m1/s1. The number of amides is 4. The number of piperidine rings is 1. The summed E-state index contributed by atoms with van der Waals surface area (Å²) in [5, 5.41) is 28.9. The molecule has 298 valence electrons. The second-order valence-corrected chi connectivity index (χ2v) is 15.6. The molecule has 18 heteroatoms. The number of likely N-dealkylation sites (tertiary alicyclic amines) is 1. The first kappa shape index (κ1) is 40.3. The highest BCUT2D eigenvalue weighted by Crippen LogP contribution is 2.65. The van der Waals surface area contributed by atoms with Crippen molar-refractivity contribution in [2.75, 3.05) is 53.9 Å². The van der Waals surface area contributed by atoms with Crippen molar-refractivity contribution in [1.82, 2.24) is 25.8 Å². The summed E-state index contributed by atoms with van der Waals surface area (Å²) in [7, 11) is 5.25. The number of rotatable bonds is 16. The van der Waals surface area contributed by atoms with E-state index in [9.17, 15) is 29.1 Å². The number of carboxylic acids is 1. The van der Waals surface area contributed by atoms with E-state index < -0.39 is 77.4 Å². The maximum absolute atomic E-state index is 13.7. The van der Waals surface area contributed by atoms with Gasteiger partial charge in [-0.1, -0.05) is 19.9 Å². The monoisotopic (exact) mass is 758 g/mol. The third-order valence-electron chi connectivity index (χ3n) is 11.2. The molecule has 2 fully saturated rings. The summed E-state index contributed by atoms with van der Waals surface area (Å²) >= 11 is 0. The molecule has 4 amide bonds. The normalized spacial score (nSPS) is 25.6. The van der Waals surface area contributed by atoms with Crippen LogP contribution in [0.5, 0.6) is 11.5 Å².